The van der Waals surface area contributed by atoms with Crippen molar-refractivity contribution >= 4 is 17.2 Å². The molecule has 24 heavy (non-hydrogen) atoms. The van der Waals surface area contributed by atoms with Crippen molar-refractivity contribution in [2.75, 3.05) is 0 Å². The number of thiazole rings is 1. The number of aromatic nitrogens is 6. The third kappa shape index (κ3) is 3.30. The van der Waals surface area contributed by atoms with Gasteiger partial charge in [0.05, 0.1) is 6.04 Å². The Bertz CT molecular complexity index is 827. The van der Waals surface area contributed by atoms with E-state index in [1.165, 1.54) is 11.3 Å². The summed E-state index contributed by atoms with van der Waals surface area (Å²) >= 11 is 1.33. The van der Waals surface area contributed by atoms with Gasteiger partial charge in [0.1, 0.15) is 12.0 Å². The number of nitrogens with zero attached hydrogens (tertiary/aromatic N) is 6. The fraction of sp³-hybridized carbons (Fsp3) is 0.333. The molecule has 0 saturated heterocycles. The molecule has 3 aromatic rings. The van der Waals surface area contributed by atoms with Crippen LogP contribution in [0.5, 0.6) is 0 Å². The Morgan fingerprint density at radius 1 is 1.25 bits per heavy atom. The van der Waals surface area contributed by atoms with Gasteiger partial charge in [-0.2, -0.15) is 0 Å². The SMILES string of the molecule is CC(NC(=O)c1csc(-c2ncccn2)n1)c1nncn1C(C)C. The van der Waals surface area contributed by atoms with E-state index < -0.39 is 0 Å². The highest BCUT2D eigenvalue weighted by atomic mass is 32.1. The minimum Gasteiger partial charge on any atom is -0.341 e. The van der Waals surface area contributed by atoms with Crippen molar-refractivity contribution in [3.8, 4) is 10.8 Å². The van der Waals surface area contributed by atoms with Crippen LogP contribution in [0.25, 0.3) is 10.8 Å². The molecule has 0 aliphatic carbocycles. The largest absolute Gasteiger partial charge is 0.341 e. The van der Waals surface area contributed by atoms with E-state index in [1.807, 2.05) is 25.3 Å². The smallest absolute Gasteiger partial charge is 0.271 e. The first-order chi connectivity index (χ1) is 11.6. The lowest BCUT2D eigenvalue weighted by atomic mass is 10.2. The zero-order chi connectivity index (χ0) is 17.1. The fourth-order valence-electron chi connectivity index (χ4n) is 2.18. The molecule has 0 saturated carbocycles. The highest BCUT2D eigenvalue weighted by molar-refractivity contribution is 7.13. The highest BCUT2D eigenvalue weighted by Gasteiger charge is 2.20. The van der Waals surface area contributed by atoms with Crippen LogP contribution < -0.4 is 5.32 Å². The Kier molecular flexibility index (Phi) is 4.61. The molecule has 0 aromatic carbocycles. The second kappa shape index (κ2) is 6.83. The van der Waals surface area contributed by atoms with Crippen molar-refractivity contribution in [2.24, 2.45) is 0 Å². The average molecular weight is 343 g/mol. The zero-order valence-corrected chi connectivity index (χ0v) is 14.4. The molecule has 3 rings (SSSR count). The highest BCUT2D eigenvalue weighted by Crippen LogP contribution is 2.20. The summed E-state index contributed by atoms with van der Waals surface area (Å²) in [5.74, 6) is 0.952. The normalized spacial score (nSPS) is 12.3. The van der Waals surface area contributed by atoms with Gasteiger partial charge in [-0.3, -0.25) is 4.79 Å². The first kappa shape index (κ1) is 16.2. The van der Waals surface area contributed by atoms with Gasteiger partial charge in [-0.1, -0.05) is 0 Å². The summed E-state index contributed by atoms with van der Waals surface area (Å²) in [7, 11) is 0. The third-order valence-corrected chi connectivity index (χ3v) is 4.22. The van der Waals surface area contributed by atoms with Crippen molar-refractivity contribution in [1.82, 2.24) is 35.0 Å². The molecule has 1 atom stereocenters. The van der Waals surface area contributed by atoms with Crippen LogP contribution in [0.1, 0.15) is 49.2 Å². The number of carbonyl (C=O) groups is 1. The number of amides is 1. The summed E-state index contributed by atoms with van der Waals surface area (Å²) in [6.45, 7) is 5.94. The predicted octanol–water partition coefficient (Wildman–Crippen LogP) is 2.26. The van der Waals surface area contributed by atoms with Crippen LogP contribution in [0.15, 0.2) is 30.2 Å². The number of nitrogens with one attached hydrogen (secondary N) is 1. The van der Waals surface area contributed by atoms with Gasteiger partial charge < -0.3 is 9.88 Å². The van der Waals surface area contributed by atoms with Gasteiger partial charge in [0.15, 0.2) is 16.7 Å². The lowest BCUT2D eigenvalue weighted by molar-refractivity contribution is 0.0933. The topological polar surface area (TPSA) is 98.5 Å². The van der Waals surface area contributed by atoms with E-state index in [2.05, 4.69) is 30.5 Å². The molecule has 9 heteroatoms. The van der Waals surface area contributed by atoms with E-state index in [0.717, 1.165) is 0 Å². The van der Waals surface area contributed by atoms with Gasteiger partial charge >= 0.3 is 0 Å². The number of hydrogen-bond donors (Lipinski definition) is 1. The van der Waals surface area contributed by atoms with Gasteiger partial charge in [-0.25, -0.2) is 15.0 Å². The van der Waals surface area contributed by atoms with Crippen LogP contribution in [0, 0.1) is 0 Å². The Balaban J connectivity index is 1.73. The van der Waals surface area contributed by atoms with E-state index in [9.17, 15) is 4.79 Å². The number of hydrogen-bond acceptors (Lipinski definition) is 7. The van der Waals surface area contributed by atoms with Crippen molar-refractivity contribution < 1.29 is 4.79 Å². The second-order valence-corrected chi connectivity index (χ2v) is 6.35. The molecule has 3 heterocycles. The molecule has 3 aromatic heterocycles. The van der Waals surface area contributed by atoms with E-state index in [-0.39, 0.29) is 18.0 Å². The molecular formula is C15H17N7OS. The molecule has 0 spiro atoms. The molecule has 0 fully saturated rings. The zero-order valence-electron chi connectivity index (χ0n) is 13.5. The maximum absolute atomic E-state index is 12.4. The molecule has 0 bridgehead atoms. The van der Waals surface area contributed by atoms with Gasteiger partial charge in [-0.05, 0) is 26.8 Å². The van der Waals surface area contributed by atoms with Gasteiger partial charge in [-0.15, -0.1) is 21.5 Å². The maximum atomic E-state index is 12.4. The van der Waals surface area contributed by atoms with E-state index in [0.29, 0.717) is 22.4 Å². The van der Waals surface area contributed by atoms with Crippen molar-refractivity contribution in [2.45, 2.75) is 32.9 Å². The van der Waals surface area contributed by atoms with Crippen LogP contribution >= 0.6 is 11.3 Å². The summed E-state index contributed by atoms with van der Waals surface area (Å²) < 4.78 is 1.93. The van der Waals surface area contributed by atoms with Crippen molar-refractivity contribution in [3.63, 3.8) is 0 Å². The van der Waals surface area contributed by atoms with Crippen LogP contribution in [-0.4, -0.2) is 35.6 Å². The standard InChI is InChI=1S/C15H17N7OS/c1-9(2)22-8-18-21-13(22)10(3)19-14(23)11-7-24-15(20-11)12-16-5-4-6-17-12/h4-10H,1-3H3,(H,19,23). The molecule has 1 amide bonds. The van der Waals surface area contributed by atoms with Crippen LogP contribution in [0.2, 0.25) is 0 Å². The summed E-state index contributed by atoms with van der Waals surface area (Å²) in [5.41, 5.74) is 0.338. The van der Waals surface area contributed by atoms with Gasteiger partial charge in [0.2, 0.25) is 0 Å². The quantitative estimate of drug-likeness (QED) is 0.763. The molecule has 1 N–H and O–H groups in total. The van der Waals surface area contributed by atoms with Crippen LogP contribution in [0.4, 0.5) is 0 Å². The molecule has 0 aliphatic heterocycles. The summed E-state index contributed by atoms with van der Waals surface area (Å²) in [5, 5.41) is 13.2. The monoisotopic (exact) mass is 343 g/mol. The van der Waals surface area contributed by atoms with E-state index in [4.69, 9.17) is 0 Å². The number of rotatable bonds is 5. The number of carbonyl (C=O) groups excluding carboxylic acids is 1. The molecule has 1 unspecified atom stereocenters. The summed E-state index contributed by atoms with van der Waals surface area (Å²) in [4.78, 5) is 25.0. The Morgan fingerprint density at radius 2 is 2.00 bits per heavy atom. The first-order valence-electron chi connectivity index (χ1n) is 7.49. The summed E-state index contributed by atoms with van der Waals surface area (Å²) in [6.07, 6.45) is 4.95. The average Bonchev–Trinajstić information content (AvgIpc) is 3.25. The van der Waals surface area contributed by atoms with Gasteiger partial charge in [0.25, 0.3) is 5.91 Å². The summed E-state index contributed by atoms with van der Waals surface area (Å²) in [6, 6.07) is 1.67. The van der Waals surface area contributed by atoms with Crippen LogP contribution in [0.3, 0.4) is 0 Å². The minimum absolute atomic E-state index is 0.218. The van der Waals surface area contributed by atoms with E-state index >= 15 is 0 Å². The molecule has 8 nitrogen and oxygen atoms in total. The van der Waals surface area contributed by atoms with Crippen LogP contribution in [-0.2, 0) is 0 Å². The Morgan fingerprint density at radius 3 is 2.71 bits per heavy atom. The van der Waals surface area contributed by atoms with E-state index in [1.54, 1.807) is 30.2 Å². The first-order valence-corrected chi connectivity index (χ1v) is 8.37. The molecule has 0 radical (unpaired) electrons. The Labute approximate surface area is 143 Å². The lowest BCUT2D eigenvalue weighted by Gasteiger charge is -2.16. The fourth-order valence-corrected chi connectivity index (χ4v) is 2.93. The van der Waals surface area contributed by atoms with Crippen molar-refractivity contribution in [3.05, 3.63) is 41.7 Å². The van der Waals surface area contributed by atoms with Gasteiger partial charge in [0, 0.05) is 23.8 Å². The minimum atomic E-state index is -0.277. The Hall–Kier alpha value is -2.68. The maximum Gasteiger partial charge on any atom is 0.271 e. The molecule has 0 aliphatic rings. The predicted molar refractivity (Wildman–Crippen MR) is 89.4 cm³/mol. The lowest BCUT2D eigenvalue weighted by Crippen LogP contribution is -2.29. The molecule has 124 valence electrons. The molecular weight excluding hydrogens is 326 g/mol. The second-order valence-electron chi connectivity index (χ2n) is 5.50. The third-order valence-electron chi connectivity index (χ3n) is 3.39. The van der Waals surface area contributed by atoms with Crippen molar-refractivity contribution in [1.29, 1.82) is 0 Å².